The first-order chi connectivity index (χ1) is 19.1. The van der Waals surface area contributed by atoms with E-state index in [9.17, 15) is 0 Å². The van der Waals surface area contributed by atoms with Crippen LogP contribution in [-0.2, 0) is 0 Å². The molecule has 1 aliphatic heterocycles. The number of hydrogen-bond donors (Lipinski definition) is 1. The minimum atomic E-state index is 0.531. The van der Waals surface area contributed by atoms with Crippen LogP contribution in [0.1, 0.15) is 12.6 Å². The van der Waals surface area contributed by atoms with Gasteiger partial charge in [0.05, 0.1) is 31.9 Å². The van der Waals surface area contributed by atoms with Crippen molar-refractivity contribution in [1.82, 2.24) is 25.3 Å². The standard InChI is InChI=1S/C29H30N6O3S/c1-5-38-27-25-24(32-29(34-27)35-14-12-30-13-15-35)23-17(2)31-26(33-28(23)39-25)19-8-6-18(7-9-19)20-10-11-21(36-3)22(16-20)37-4/h6-11,16,30H,5,12-15H2,1-4H3. The molecular formula is C29H30N6O3S. The van der Waals surface area contributed by atoms with Crippen LogP contribution in [0.15, 0.2) is 42.5 Å². The molecule has 5 aromatic rings. The fourth-order valence-corrected chi connectivity index (χ4v) is 5.98. The van der Waals surface area contributed by atoms with Gasteiger partial charge in [-0.1, -0.05) is 30.3 Å². The molecule has 0 radical (unpaired) electrons. The molecule has 0 unspecified atom stereocenters. The molecule has 10 heteroatoms. The summed E-state index contributed by atoms with van der Waals surface area (Å²) < 4.78 is 17.7. The number of nitrogens with zero attached hydrogens (tertiary/aromatic N) is 5. The van der Waals surface area contributed by atoms with Crippen molar-refractivity contribution in [3.63, 3.8) is 0 Å². The van der Waals surface area contributed by atoms with E-state index in [4.69, 9.17) is 34.1 Å². The lowest BCUT2D eigenvalue weighted by Crippen LogP contribution is -2.44. The van der Waals surface area contributed by atoms with Crippen LogP contribution < -0.4 is 24.4 Å². The summed E-state index contributed by atoms with van der Waals surface area (Å²) in [5, 5.41) is 4.34. The highest BCUT2D eigenvalue weighted by atomic mass is 32.1. The largest absolute Gasteiger partial charge is 0.493 e. The smallest absolute Gasteiger partial charge is 0.236 e. The number of ether oxygens (including phenoxy) is 3. The second kappa shape index (κ2) is 10.6. The summed E-state index contributed by atoms with van der Waals surface area (Å²) in [7, 11) is 3.28. The van der Waals surface area contributed by atoms with Gasteiger partial charge < -0.3 is 24.4 Å². The Morgan fingerprint density at radius 2 is 1.59 bits per heavy atom. The van der Waals surface area contributed by atoms with Gasteiger partial charge in [0.2, 0.25) is 11.8 Å². The van der Waals surface area contributed by atoms with Crippen LogP contribution in [0.25, 0.3) is 42.9 Å². The molecular weight excluding hydrogens is 512 g/mol. The van der Waals surface area contributed by atoms with Gasteiger partial charge in [-0.2, -0.15) is 4.98 Å². The summed E-state index contributed by atoms with van der Waals surface area (Å²) in [5.74, 6) is 3.39. The van der Waals surface area contributed by atoms with Crippen molar-refractivity contribution >= 4 is 37.7 Å². The summed E-state index contributed by atoms with van der Waals surface area (Å²) in [6.45, 7) is 8.06. The molecule has 6 rings (SSSR count). The van der Waals surface area contributed by atoms with Crippen molar-refractivity contribution in [3.8, 4) is 39.9 Å². The van der Waals surface area contributed by atoms with E-state index >= 15 is 0 Å². The van der Waals surface area contributed by atoms with E-state index in [0.29, 0.717) is 35.8 Å². The Labute approximate surface area is 230 Å². The van der Waals surface area contributed by atoms with Gasteiger partial charge in [0, 0.05) is 31.7 Å². The van der Waals surface area contributed by atoms with Crippen molar-refractivity contribution in [2.24, 2.45) is 0 Å². The first-order valence-corrected chi connectivity index (χ1v) is 13.8. The Balaban J connectivity index is 1.39. The Kier molecular flexibility index (Phi) is 6.88. The molecule has 39 heavy (non-hydrogen) atoms. The third-order valence-corrected chi connectivity index (χ3v) is 7.92. The lowest BCUT2D eigenvalue weighted by Gasteiger charge is -2.27. The predicted octanol–water partition coefficient (Wildman–Crippen LogP) is 5.10. The van der Waals surface area contributed by atoms with Crippen LogP contribution in [-0.4, -0.2) is 66.9 Å². The maximum atomic E-state index is 5.97. The molecule has 200 valence electrons. The van der Waals surface area contributed by atoms with E-state index in [0.717, 1.165) is 69.0 Å². The van der Waals surface area contributed by atoms with Crippen molar-refractivity contribution in [3.05, 3.63) is 48.2 Å². The second-order valence-corrected chi connectivity index (χ2v) is 10.2. The van der Waals surface area contributed by atoms with Gasteiger partial charge in [0.15, 0.2) is 17.3 Å². The van der Waals surface area contributed by atoms with E-state index < -0.39 is 0 Å². The molecule has 2 aromatic carbocycles. The quantitative estimate of drug-likeness (QED) is 0.301. The highest BCUT2D eigenvalue weighted by Gasteiger charge is 2.22. The Hall–Kier alpha value is -4.02. The van der Waals surface area contributed by atoms with Gasteiger partial charge in [0.1, 0.15) is 15.0 Å². The molecule has 0 amide bonds. The zero-order valence-electron chi connectivity index (χ0n) is 22.4. The molecule has 0 aliphatic carbocycles. The number of piperazine rings is 1. The maximum Gasteiger partial charge on any atom is 0.236 e. The number of thiophene rings is 1. The van der Waals surface area contributed by atoms with Gasteiger partial charge in [-0.15, -0.1) is 11.3 Å². The number of anilines is 1. The SMILES string of the molecule is CCOc1nc(N2CCNCC2)nc2c1sc1nc(-c3ccc(-c4ccc(OC)c(OC)c4)cc3)nc(C)c12. The predicted molar refractivity (Wildman–Crippen MR) is 155 cm³/mol. The molecule has 1 fully saturated rings. The lowest BCUT2D eigenvalue weighted by molar-refractivity contribution is 0.331. The molecule has 1 aliphatic rings. The molecule has 0 bridgehead atoms. The topological polar surface area (TPSA) is 94.5 Å². The molecule has 1 saturated heterocycles. The number of nitrogens with one attached hydrogen (secondary N) is 1. The fourth-order valence-electron chi connectivity index (χ4n) is 4.87. The molecule has 4 heterocycles. The molecule has 1 N–H and O–H groups in total. The zero-order chi connectivity index (χ0) is 26.9. The maximum absolute atomic E-state index is 5.97. The summed E-state index contributed by atoms with van der Waals surface area (Å²) in [6, 6.07) is 14.2. The number of fused-ring (bicyclic) bond motifs is 3. The van der Waals surface area contributed by atoms with Crippen molar-refractivity contribution in [1.29, 1.82) is 0 Å². The van der Waals surface area contributed by atoms with Crippen LogP contribution in [0.4, 0.5) is 5.95 Å². The monoisotopic (exact) mass is 542 g/mol. The second-order valence-electron chi connectivity index (χ2n) is 9.24. The van der Waals surface area contributed by atoms with Crippen molar-refractivity contribution in [2.45, 2.75) is 13.8 Å². The summed E-state index contributed by atoms with van der Waals surface area (Å²) in [6.07, 6.45) is 0. The van der Waals surface area contributed by atoms with Crippen LogP contribution in [0.5, 0.6) is 17.4 Å². The van der Waals surface area contributed by atoms with Crippen LogP contribution in [0, 0.1) is 6.92 Å². The van der Waals surface area contributed by atoms with E-state index in [1.165, 1.54) is 0 Å². The van der Waals surface area contributed by atoms with E-state index in [2.05, 4.69) is 22.3 Å². The van der Waals surface area contributed by atoms with E-state index in [-0.39, 0.29) is 0 Å². The number of rotatable bonds is 7. The van der Waals surface area contributed by atoms with Crippen LogP contribution in [0.3, 0.4) is 0 Å². The third kappa shape index (κ3) is 4.70. The average molecular weight is 543 g/mol. The van der Waals surface area contributed by atoms with Gasteiger partial charge in [-0.3, -0.25) is 0 Å². The summed E-state index contributed by atoms with van der Waals surface area (Å²) in [5.41, 5.74) is 4.79. The Bertz CT molecular complexity index is 1650. The van der Waals surface area contributed by atoms with Gasteiger partial charge in [-0.05, 0) is 37.1 Å². The fraction of sp³-hybridized carbons (Fsp3) is 0.310. The number of benzene rings is 2. The molecule has 9 nitrogen and oxygen atoms in total. The number of aromatic nitrogens is 4. The number of methoxy groups -OCH3 is 2. The molecule has 0 spiro atoms. The van der Waals surface area contributed by atoms with E-state index in [1.54, 1.807) is 25.6 Å². The number of aryl methyl sites for hydroxylation is 1. The first kappa shape index (κ1) is 25.3. The van der Waals surface area contributed by atoms with E-state index in [1.807, 2.05) is 44.2 Å². The molecule has 0 saturated carbocycles. The average Bonchev–Trinajstić information content (AvgIpc) is 3.37. The van der Waals surface area contributed by atoms with Crippen molar-refractivity contribution < 1.29 is 14.2 Å². The van der Waals surface area contributed by atoms with Crippen LogP contribution >= 0.6 is 11.3 Å². The zero-order valence-corrected chi connectivity index (χ0v) is 23.3. The van der Waals surface area contributed by atoms with Crippen LogP contribution in [0.2, 0.25) is 0 Å². The number of hydrogen-bond acceptors (Lipinski definition) is 10. The van der Waals surface area contributed by atoms with Gasteiger partial charge in [0.25, 0.3) is 0 Å². The Morgan fingerprint density at radius 1 is 0.872 bits per heavy atom. The lowest BCUT2D eigenvalue weighted by atomic mass is 10.0. The molecule has 3 aromatic heterocycles. The minimum Gasteiger partial charge on any atom is -0.493 e. The first-order valence-electron chi connectivity index (χ1n) is 13.0. The minimum absolute atomic E-state index is 0.531. The highest BCUT2D eigenvalue weighted by Crippen LogP contribution is 2.40. The van der Waals surface area contributed by atoms with Gasteiger partial charge in [-0.25, -0.2) is 15.0 Å². The summed E-state index contributed by atoms with van der Waals surface area (Å²) >= 11 is 1.56. The molecule has 0 atom stereocenters. The third-order valence-electron chi connectivity index (χ3n) is 6.86. The Morgan fingerprint density at radius 3 is 2.31 bits per heavy atom. The van der Waals surface area contributed by atoms with Crippen molar-refractivity contribution in [2.75, 3.05) is 51.9 Å². The van der Waals surface area contributed by atoms with Gasteiger partial charge >= 0.3 is 0 Å². The normalized spacial score (nSPS) is 13.7. The summed E-state index contributed by atoms with van der Waals surface area (Å²) in [4.78, 5) is 22.7. The highest BCUT2D eigenvalue weighted by molar-refractivity contribution is 7.25.